The molecule has 3 aromatic carbocycles. The molecule has 0 radical (unpaired) electrons. The molecule has 23 heteroatoms. The number of aliphatic hydroxyl groups is 2. The number of anilines is 1. The highest BCUT2D eigenvalue weighted by atomic mass is 32.2. The SMILES string of the molecule is CNc1nc(-c2ccc(C(C)(C)C)cc2)nc(C)c1C(=O)C[C@@H](CNS(N)(=O)=O)C(=O)N(C)[C@@H]1C(=O)C[C@@H](C)C(=O)N[C@H](C(=O)O)Cc2ccc(OC[C@H](O)CN)c(c2)-c2cc1cc(OC[C@H](O)CN)c2O. The van der Waals surface area contributed by atoms with E-state index in [0.29, 0.717) is 17.0 Å². The molecule has 4 bridgehead atoms. The van der Waals surface area contributed by atoms with Crippen LogP contribution in [0.25, 0.3) is 22.5 Å². The van der Waals surface area contributed by atoms with Gasteiger partial charge in [0, 0.05) is 75.6 Å². The summed E-state index contributed by atoms with van der Waals surface area (Å²) in [6.45, 7) is 7.25. The van der Waals surface area contributed by atoms with Crippen molar-refractivity contribution in [3.05, 3.63) is 82.5 Å². The standard InChI is InChI=1S/C49H65N9O13S/c1-25-14-38(62)42(58(7)47(65)30(22-54-72(52,68)69)18-37(61)41-26(2)55-44(57-45(41)53-6)28-9-11-31(12-10-28)49(3,4)5)29-17-35(43(63)40(19-29)71-24-33(60)21-51)34-15-27(16-36(48(66)67)56-46(25)64)8-13-39(34)70-23-32(59)20-50/h8-13,15,17,19,25,30,32-33,36,42,54,59-60,63H,14,16,18,20-24,50-51H2,1-7H3,(H,56,64)(H,66,67)(H2,52,68,69)(H,53,55,57)/t25-,30+,32-,33-,36+,42+/m1/s1. The van der Waals surface area contributed by atoms with E-state index in [1.165, 1.54) is 44.3 Å². The summed E-state index contributed by atoms with van der Waals surface area (Å²) in [7, 11) is -1.72. The van der Waals surface area contributed by atoms with Crippen molar-refractivity contribution in [2.24, 2.45) is 28.4 Å². The predicted octanol–water partition coefficient (Wildman–Crippen LogP) is 1.46. The number of hydrogen-bond donors (Lipinski definition) is 10. The molecule has 0 saturated carbocycles. The average molecular weight is 1020 g/mol. The topological polar surface area (TPSA) is 362 Å². The Balaban J connectivity index is 1.68. The average Bonchev–Trinajstić information content (AvgIpc) is 3.32. The van der Waals surface area contributed by atoms with Gasteiger partial charge in [0.2, 0.25) is 11.8 Å². The van der Waals surface area contributed by atoms with Crippen molar-refractivity contribution in [3.63, 3.8) is 0 Å². The van der Waals surface area contributed by atoms with Gasteiger partial charge in [-0.25, -0.2) is 24.6 Å². The zero-order chi connectivity index (χ0) is 53.4. The Morgan fingerprint density at radius 3 is 2.12 bits per heavy atom. The fraction of sp³-hybridized carbons (Fsp3) is 0.449. The number of aromatic nitrogens is 2. The summed E-state index contributed by atoms with van der Waals surface area (Å²) in [6, 6.07) is 11.4. The van der Waals surface area contributed by atoms with Gasteiger partial charge in [0.15, 0.2) is 28.9 Å². The number of aryl methyl sites for hydroxylation is 1. The van der Waals surface area contributed by atoms with Crippen LogP contribution in [0.15, 0.2) is 54.6 Å². The highest BCUT2D eigenvalue weighted by Crippen LogP contribution is 2.45. The number of aliphatic hydroxyl groups excluding tert-OH is 2. The molecule has 0 unspecified atom stereocenters. The van der Waals surface area contributed by atoms with Crippen LogP contribution >= 0.6 is 0 Å². The van der Waals surface area contributed by atoms with E-state index in [-0.39, 0.29) is 76.8 Å². The summed E-state index contributed by atoms with van der Waals surface area (Å²) in [5.74, 6) is -7.82. The Bertz CT molecular complexity index is 2770. The number of Topliss-reactive ketones (excluding diaryl/α,β-unsaturated/α-hetero) is 2. The second-order valence-corrected chi connectivity index (χ2v) is 20.2. The first-order chi connectivity index (χ1) is 33.8. The fourth-order valence-electron chi connectivity index (χ4n) is 8.07. The summed E-state index contributed by atoms with van der Waals surface area (Å²) in [5, 5.41) is 53.6. The van der Waals surface area contributed by atoms with Gasteiger partial charge in [-0.3, -0.25) is 19.2 Å². The number of aliphatic carboxylic acids is 1. The lowest BCUT2D eigenvalue weighted by atomic mass is 9.86. The smallest absolute Gasteiger partial charge is 0.326 e. The van der Waals surface area contributed by atoms with Crippen molar-refractivity contribution in [1.82, 2.24) is 24.9 Å². The second kappa shape index (κ2) is 23.7. The monoisotopic (exact) mass is 1020 g/mol. The van der Waals surface area contributed by atoms with Gasteiger partial charge in [0.05, 0.1) is 17.2 Å². The van der Waals surface area contributed by atoms with E-state index >= 15 is 4.79 Å². The van der Waals surface area contributed by atoms with E-state index in [4.69, 9.17) is 26.1 Å². The molecule has 0 aliphatic carbocycles. The maximum absolute atomic E-state index is 15.0. The molecule has 22 nitrogen and oxygen atoms in total. The number of nitrogens with zero attached hydrogens (tertiary/aromatic N) is 3. The first-order valence-corrected chi connectivity index (χ1v) is 24.6. The number of nitrogens with one attached hydrogen (secondary N) is 3. The number of carboxylic acids is 1. The van der Waals surface area contributed by atoms with E-state index in [1.807, 2.05) is 24.3 Å². The zero-order valence-corrected chi connectivity index (χ0v) is 42.1. The van der Waals surface area contributed by atoms with Crippen molar-refractivity contribution in [2.75, 3.05) is 52.3 Å². The van der Waals surface area contributed by atoms with E-state index in [9.17, 15) is 48.0 Å². The number of rotatable bonds is 19. The van der Waals surface area contributed by atoms with Crippen LogP contribution in [-0.4, -0.2) is 138 Å². The second-order valence-electron chi connectivity index (χ2n) is 18.8. The largest absolute Gasteiger partial charge is 0.504 e. The third-order valence-electron chi connectivity index (χ3n) is 12.1. The van der Waals surface area contributed by atoms with Crippen LogP contribution in [0.4, 0.5) is 5.82 Å². The number of phenolic OH excluding ortho intramolecular Hbond substituents is 1. The molecule has 390 valence electrons. The Morgan fingerprint density at radius 1 is 0.931 bits per heavy atom. The predicted molar refractivity (Wildman–Crippen MR) is 266 cm³/mol. The molecule has 0 spiro atoms. The van der Waals surface area contributed by atoms with E-state index in [1.54, 1.807) is 14.0 Å². The number of ether oxygens (including phenoxy) is 2. The number of likely N-dealkylation sites (N-methyl/N-ethyl adjacent to an activating group) is 1. The quantitative estimate of drug-likeness (QED) is 0.0594. The van der Waals surface area contributed by atoms with Crippen LogP contribution in [0.5, 0.6) is 17.2 Å². The summed E-state index contributed by atoms with van der Waals surface area (Å²) >= 11 is 0. The van der Waals surface area contributed by atoms with E-state index < -0.39 is 107 Å². The van der Waals surface area contributed by atoms with Gasteiger partial charge in [0.25, 0.3) is 10.2 Å². The number of carbonyl (C=O) groups excluding carboxylic acids is 4. The molecule has 72 heavy (non-hydrogen) atoms. The molecule has 1 aliphatic rings. The third kappa shape index (κ3) is 14.1. The third-order valence-corrected chi connectivity index (χ3v) is 12.7. The number of fused-ring (bicyclic) bond motifs is 5. The Morgan fingerprint density at radius 2 is 1.56 bits per heavy atom. The van der Waals surface area contributed by atoms with Crippen LogP contribution in [0.1, 0.15) is 79.3 Å². The molecule has 2 amide bonds. The number of amides is 2. The van der Waals surface area contributed by atoms with Crippen molar-refractivity contribution < 1.29 is 62.3 Å². The van der Waals surface area contributed by atoms with Crippen LogP contribution < -0.4 is 41.4 Å². The van der Waals surface area contributed by atoms with Gasteiger partial charge < -0.3 is 56.9 Å². The summed E-state index contributed by atoms with van der Waals surface area (Å²) in [5.41, 5.74) is 13.4. The highest BCUT2D eigenvalue weighted by Gasteiger charge is 2.38. The number of carbonyl (C=O) groups is 5. The molecule has 1 aromatic heterocycles. The molecule has 1 aliphatic heterocycles. The van der Waals surface area contributed by atoms with Gasteiger partial charge in [-0.1, -0.05) is 58.0 Å². The zero-order valence-electron chi connectivity index (χ0n) is 41.3. The molecular weight excluding hydrogens is 955 g/mol. The normalized spacial score (nSPS) is 17.7. The lowest BCUT2D eigenvalue weighted by Crippen LogP contribution is -2.46. The summed E-state index contributed by atoms with van der Waals surface area (Å²) < 4.78 is 38.6. The number of carboxylic acid groups (broad SMARTS) is 1. The minimum absolute atomic E-state index is 0.000979. The maximum Gasteiger partial charge on any atom is 0.326 e. The lowest BCUT2D eigenvalue weighted by Gasteiger charge is -2.32. The highest BCUT2D eigenvalue weighted by molar-refractivity contribution is 7.87. The van der Waals surface area contributed by atoms with Gasteiger partial charge in [-0.15, -0.1) is 0 Å². The van der Waals surface area contributed by atoms with E-state index in [2.05, 4.69) is 46.1 Å². The first-order valence-electron chi connectivity index (χ1n) is 23.1. The minimum Gasteiger partial charge on any atom is -0.504 e. The molecule has 0 saturated heterocycles. The lowest BCUT2D eigenvalue weighted by molar-refractivity contribution is -0.143. The van der Waals surface area contributed by atoms with Crippen molar-refractivity contribution in [3.8, 4) is 39.8 Å². The number of hydrogen-bond acceptors (Lipinski definition) is 17. The first kappa shape index (κ1) is 56.3. The molecule has 4 aromatic rings. The van der Waals surface area contributed by atoms with Gasteiger partial charge in [-0.05, 0) is 53.3 Å². The fourth-order valence-corrected chi connectivity index (χ4v) is 8.51. The van der Waals surface area contributed by atoms with Crippen LogP contribution in [0.2, 0.25) is 0 Å². The summed E-state index contributed by atoms with van der Waals surface area (Å²) in [6.07, 6.45) is -3.91. The Labute approximate surface area is 417 Å². The minimum atomic E-state index is -4.48. The van der Waals surface area contributed by atoms with Gasteiger partial charge in [0.1, 0.15) is 49.1 Å². The van der Waals surface area contributed by atoms with Crippen molar-refractivity contribution in [2.45, 2.75) is 83.6 Å². The number of aromatic hydroxyl groups is 1. The molecular formula is C49H65N9O13S. The maximum atomic E-state index is 15.0. The van der Waals surface area contributed by atoms with E-state index in [0.717, 1.165) is 10.5 Å². The molecule has 0 fully saturated rings. The number of benzene rings is 3. The molecule has 2 heterocycles. The number of phenols is 1. The van der Waals surface area contributed by atoms with Crippen molar-refractivity contribution in [1.29, 1.82) is 0 Å². The summed E-state index contributed by atoms with van der Waals surface area (Å²) in [4.78, 5) is 80.8. The van der Waals surface area contributed by atoms with Crippen LogP contribution in [0, 0.1) is 18.8 Å². The van der Waals surface area contributed by atoms with Gasteiger partial charge >= 0.3 is 5.97 Å². The van der Waals surface area contributed by atoms with Crippen LogP contribution in [0.3, 0.4) is 0 Å². The number of ketones is 2. The molecule has 13 N–H and O–H groups in total. The molecule has 5 rings (SSSR count). The Kier molecular flexibility index (Phi) is 18.6. The van der Waals surface area contributed by atoms with Gasteiger partial charge in [-0.2, -0.15) is 8.42 Å². The van der Waals surface area contributed by atoms with Crippen LogP contribution in [-0.2, 0) is 41.2 Å². The number of nitrogens with two attached hydrogens (primary N) is 3. The van der Waals surface area contributed by atoms with Crippen molar-refractivity contribution >= 4 is 45.4 Å². The Hall–Kier alpha value is -6.60. The molecule has 6 atom stereocenters.